The van der Waals surface area contributed by atoms with Crippen LogP contribution in [0.3, 0.4) is 0 Å². The maximum absolute atomic E-state index is 12.8. The molecule has 0 unspecified atom stereocenters. The zero-order valence-corrected chi connectivity index (χ0v) is 16.2. The van der Waals surface area contributed by atoms with Crippen LogP contribution < -0.4 is 4.90 Å². The van der Waals surface area contributed by atoms with Crippen molar-refractivity contribution in [1.29, 1.82) is 0 Å². The van der Waals surface area contributed by atoms with Gasteiger partial charge in [-0.2, -0.15) is 0 Å². The van der Waals surface area contributed by atoms with Crippen LogP contribution in [-0.2, 0) is 11.3 Å². The molecule has 2 aromatic carbocycles. The fraction of sp³-hybridized carbons (Fsp3) is 0.400. The largest absolute Gasteiger partial charge is 0.304 e. The molecule has 2 fully saturated rings. The minimum Gasteiger partial charge on any atom is -0.304 e. The van der Waals surface area contributed by atoms with Crippen LogP contribution in [0.4, 0.5) is 5.69 Å². The first-order valence-corrected chi connectivity index (χ1v) is 10.7. The van der Waals surface area contributed by atoms with Crippen LogP contribution in [0.2, 0.25) is 0 Å². The zero-order chi connectivity index (χ0) is 18.7. The minimum absolute atomic E-state index is 0.293. The number of hydrogen-bond acceptors (Lipinski definition) is 2. The average molecular weight is 370 g/mol. The highest BCUT2D eigenvalue weighted by Gasteiger charge is 2.50. The van der Waals surface area contributed by atoms with Gasteiger partial charge in [0.25, 0.3) is 0 Å². The van der Waals surface area contributed by atoms with E-state index in [1.54, 1.807) is 5.57 Å². The first kappa shape index (κ1) is 16.6. The Labute approximate surface area is 166 Å². The van der Waals surface area contributed by atoms with Crippen molar-refractivity contribution in [3.63, 3.8) is 0 Å². The molecule has 28 heavy (non-hydrogen) atoms. The molecule has 3 aliphatic heterocycles. The molecular formula is C25H26N2O. The number of piperidine rings is 2. The summed E-state index contributed by atoms with van der Waals surface area (Å²) in [7, 11) is 0. The molecular weight excluding hydrogens is 344 g/mol. The zero-order valence-electron chi connectivity index (χ0n) is 16.2. The summed E-state index contributed by atoms with van der Waals surface area (Å²) in [6.45, 7) is 3.25. The molecule has 0 spiro atoms. The van der Waals surface area contributed by atoms with Crippen molar-refractivity contribution < 1.29 is 4.79 Å². The van der Waals surface area contributed by atoms with Gasteiger partial charge < -0.3 is 4.90 Å². The molecule has 0 saturated carbocycles. The number of likely N-dealkylation sites (tertiary alicyclic amines) is 1. The Bertz CT molecular complexity index is 964. The average Bonchev–Trinajstić information content (AvgIpc) is 3.09. The summed E-state index contributed by atoms with van der Waals surface area (Å²) in [5, 5.41) is 0. The van der Waals surface area contributed by atoms with Crippen LogP contribution in [0.5, 0.6) is 0 Å². The van der Waals surface area contributed by atoms with Gasteiger partial charge in [0, 0.05) is 25.1 Å². The Morgan fingerprint density at radius 2 is 1.79 bits per heavy atom. The van der Waals surface area contributed by atoms with Gasteiger partial charge in [-0.05, 0) is 60.4 Å². The molecule has 3 atom stereocenters. The van der Waals surface area contributed by atoms with Crippen LogP contribution >= 0.6 is 0 Å². The van der Waals surface area contributed by atoms with Gasteiger partial charge in [-0.3, -0.25) is 9.69 Å². The van der Waals surface area contributed by atoms with E-state index in [4.69, 9.17) is 0 Å². The van der Waals surface area contributed by atoms with E-state index < -0.39 is 0 Å². The van der Waals surface area contributed by atoms with Crippen molar-refractivity contribution >= 4 is 17.2 Å². The molecule has 0 aromatic heterocycles. The van der Waals surface area contributed by atoms with E-state index in [9.17, 15) is 4.79 Å². The smallest absolute Gasteiger partial charge is 0.227 e. The van der Waals surface area contributed by atoms with E-state index in [0.29, 0.717) is 30.2 Å². The van der Waals surface area contributed by atoms with E-state index in [2.05, 4.69) is 64.4 Å². The highest BCUT2D eigenvalue weighted by molar-refractivity contribution is 6.06. The highest BCUT2D eigenvalue weighted by atomic mass is 16.2. The predicted molar refractivity (Wildman–Crippen MR) is 112 cm³/mol. The molecule has 1 aliphatic carbocycles. The lowest BCUT2D eigenvalue weighted by molar-refractivity contribution is -0.120. The third kappa shape index (κ3) is 2.42. The Hall–Kier alpha value is -2.39. The van der Waals surface area contributed by atoms with Crippen molar-refractivity contribution in [1.82, 2.24) is 4.90 Å². The first-order chi connectivity index (χ1) is 13.8. The van der Waals surface area contributed by atoms with Gasteiger partial charge in [0.05, 0.1) is 11.7 Å². The maximum atomic E-state index is 12.8. The standard InChI is InChI=1S/C25H26N2O/c28-23-11-10-19-14-18-12-13-26(15-17-6-2-1-3-7-17)16-21(18)24-20-8-4-5-9-22(20)27(23)25(19)24/h1-9,18-19,25H,10-16H2/t18-,19-,25+/m0/s1. The number of benzene rings is 2. The van der Waals surface area contributed by atoms with Crippen LogP contribution in [0, 0.1) is 11.8 Å². The fourth-order valence-corrected chi connectivity index (χ4v) is 6.15. The van der Waals surface area contributed by atoms with Gasteiger partial charge >= 0.3 is 0 Å². The number of amides is 1. The summed E-state index contributed by atoms with van der Waals surface area (Å²) >= 11 is 0. The highest BCUT2D eigenvalue weighted by Crippen LogP contribution is 2.55. The van der Waals surface area contributed by atoms with Crippen molar-refractivity contribution in [2.45, 2.75) is 38.3 Å². The summed E-state index contributed by atoms with van der Waals surface area (Å²) in [4.78, 5) is 17.6. The third-order valence-electron chi connectivity index (χ3n) is 7.33. The second-order valence-electron chi connectivity index (χ2n) is 8.88. The SMILES string of the molecule is O=C1CC[C@H]2C[C@@H]3CCN(Cc4ccccc4)CC3=C3c4ccccc4N1[C@@H]32. The number of hydrogen-bond donors (Lipinski definition) is 0. The summed E-state index contributed by atoms with van der Waals surface area (Å²) in [5.41, 5.74) is 7.00. The Kier molecular flexibility index (Phi) is 3.73. The van der Waals surface area contributed by atoms with Crippen molar-refractivity contribution in [3.05, 3.63) is 71.3 Å². The van der Waals surface area contributed by atoms with E-state index >= 15 is 0 Å². The monoisotopic (exact) mass is 370 g/mol. The lowest BCUT2D eigenvalue weighted by Gasteiger charge is -2.46. The molecule has 1 amide bonds. The molecule has 3 heterocycles. The quantitative estimate of drug-likeness (QED) is 0.778. The Morgan fingerprint density at radius 1 is 0.964 bits per heavy atom. The van der Waals surface area contributed by atoms with E-state index in [1.165, 1.54) is 36.1 Å². The van der Waals surface area contributed by atoms with Gasteiger partial charge in [-0.15, -0.1) is 0 Å². The van der Waals surface area contributed by atoms with E-state index in [-0.39, 0.29) is 0 Å². The number of nitrogens with zero attached hydrogens (tertiary/aromatic N) is 2. The topological polar surface area (TPSA) is 23.6 Å². The van der Waals surface area contributed by atoms with Gasteiger partial charge in [-0.25, -0.2) is 0 Å². The van der Waals surface area contributed by atoms with E-state index in [1.807, 2.05) is 0 Å². The number of carbonyl (C=O) groups is 1. The molecule has 0 radical (unpaired) electrons. The summed E-state index contributed by atoms with van der Waals surface area (Å²) in [5.74, 6) is 1.65. The molecule has 6 rings (SSSR count). The first-order valence-electron chi connectivity index (χ1n) is 10.7. The number of carbonyl (C=O) groups excluding carboxylic acids is 1. The minimum atomic E-state index is 0.293. The number of anilines is 1. The van der Waals surface area contributed by atoms with Crippen molar-refractivity contribution in [3.8, 4) is 0 Å². The molecule has 3 heteroatoms. The van der Waals surface area contributed by atoms with Gasteiger partial charge in [0.1, 0.15) is 0 Å². The van der Waals surface area contributed by atoms with Crippen LogP contribution in [0.15, 0.2) is 60.2 Å². The molecule has 0 N–H and O–H groups in total. The Balaban J connectivity index is 1.42. The second-order valence-corrected chi connectivity index (χ2v) is 8.88. The van der Waals surface area contributed by atoms with Gasteiger partial charge in [-0.1, -0.05) is 48.5 Å². The van der Waals surface area contributed by atoms with Crippen molar-refractivity contribution in [2.75, 3.05) is 18.0 Å². The third-order valence-corrected chi connectivity index (χ3v) is 7.33. The van der Waals surface area contributed by atoms with Gasteiger partial charge in [0.2, 0.25) is 5.91 Å². The normalized spacial score (nSPS) is 28.8. The van der Waals surface area contributed by atoms with Crippen molar-refractivity contribution in [2.24, 2.45) is 11.8 Å². The predicted octanol–water partition coefficient (Wildman–Crippen LogP) is 4.49. The lowest BCUT2D eigenvalue weighted by Crippen LogP contribution is -2.50. The maximum Gasteiger partial charge on any atom is 0.227 e. The number of para-hydroxylation sites is 1. The molecule has 4 aliphatic rings. The molecule has 2 saturated heterocycles. The van der Waals surface area contributed by atoms with Gasteiger partial charge in [0.15, 0.2) is 0 Å². The summed E-state index contributed by atoms with van der Waals surface area (Å²) in [6.07, 6.45) is 4.30. The molecule has 3 nitrogen and oxygen atoms in total. The second kappa shape index (κ2) is 6.31. The van der Waals surface area contributed by atoms with Crippen LogP contribution in [0.25, 0.3) is 5.57 Å². The molecule has 0 bridgehead atoms. The van der Waals surface area contributed by atoms with Crippen LogP contribution in [0.1, 0.15) is 36.8 Å². The summed E-state index contributed by atoms with van der Waals surface area (Å²) in [6, 6.07) is 19.7. The summed E-state index contributed by atoms with van der Waals surface area (Å²) < 4.78 is 0. The molecule has 142 valence electrons. The number of rotatable bonds is 2. The number of fused-ring (bicyclic) bond motifs is 4. The Morgan fingerprint density at radius 3 is 2.68 bits per heavy atom. The molecule has 2 aromatic rings. The van der Waals surface area contributed by atoms with Crippen LogP contribution in [-0.4, -0.2) is 29.9 Å². The van der Waals surface area contributed by atoms with E-state index in [0.717, 1.165) is 25.2 Å². The lowest BCUT2D eigenvalue weighted by atomic mass is 9.68. The fourth-order valence-electron chi connectivity index (χ4n) is 6.15.